The average Bonchev–Trinajstić information content (AvgIpc) is 2.75. The molecule has 7 nitrogen and oxygen atoms in total. The number of hydrogen-bond acceptors (Lipinski definition) is 5. The van der Waals surface area contributed by atoms with E-state index >= 15 is 0 Å². The molecule has 31 heavy (non-hydrogen) atoms. The zero-order chi connectivity index (χ0) is 22.2. The zero-order valence-corrected chi connectivity index (χ0v) is 19.1. The van der Waals surface area contributed by atoms with E-state index in [9.17, 15) is 13.2 Å². The molecular formula is C22H25ClN4O3S. The lowest BCUT2D eigenvalue weighted by Crippen LogP contribution is -2.48. The molecular weight excluding hydrogens is 436 g/mol. The van der Waals surface area contributed by atoms with Crippen LogP contribution in [0.4, 0.5) is 0 Å². The SMILES string of the molecule is CC(C)c1ccc(S(=O)(=O)N2CCN(Cc3nc4ccc(Cl)cc4c(=O)[nH]3)CC2)cc1. The van der Waals surface area contributed by atoms with Gasteiger partial charge in [0.2, 0.25) is 10.0 Å². The average molecular weight is 461 g/mol. The van der Waals surface area contributed by atoms with Gasteiger partial charge in [-0.3, -0.25) is 9.69 Å². The second kappa shape index (κ2) is 8.70. The molecule has 3 aromatic rings. The summed E-state index contributed by atoms with van der Waals surface area (Å²) in [5.41, 5.74) is 1.48. The van der Waals surface area contributed by atoms with Gasteiger partial charge in [-0.1, -0.05) is 37.6 Å². The Bertz CT molecular complexity index is 1250. The Balaban J connectivity index is 1.43. The van der Waals surface area contributed by atoms with E-state index in [2.05, 4.69) is 28.7 Å². The lowest BCUT2D eigenvalue weighted by molar-refractivity contribution is 0.178. The molecule has 0 bridgehead atoms. The van der Waals surface area contributed by atoms with E-state index < -0.39 is 10.0 Å². The van der Waals surface area contributed by atoms with Gasteiger partial charge >= 0.3 is 0 Å². The third-order valence-corrected chi connectivity index (χ3v) is 7.75. The van der Waals surface area contributed by atoms with Crippen LogP contribution in [0.15, 0.2) is 52.2 Å². The number of halogens is 1. The minimum Gasteiger partial charge on any atom is -0.309 e. The van der Waals surface area contributed by atoms with Crippen LogP contribution in [0, 0.1) is 0 Å². The minimum absolute atomic E-state index is 0.228. The van der Waals surface area contributed by atoms with Crippen LogP contribution in [0.2, 0.25) is 5.02 Å². The summed E-state index contributed by atoms with van der Waals surface area (Å²) in [6.45, 7) is 6.51. The summed E-state index contributed by atoms with van der Waals surface area (Å²) in [5.74, 6) is 0.910. The fourth-order valence-electron chi connectivity index (χ4n) is 3.75. The monoisotopic (exact) mass is 460 g/mol. The predicted molar refractivity (Wildman–Crippen MR) is 122 cm³/mol. The van der Waals surface area contributed by atoms with Crippen molar-refractivity contribution in [2.75, 3.05) is 26.2 Å². The first-order chi connectivity index (χ1) is 14.7. The highest BCUT2D eigenvalue weighted by molar-refractivity contribution is 7.89. The fraction of sp³-hybridized carbons (Fsp3) is 0.364. The van der Waals surface area contributed by atoms with E-state index in [0.717, 1.165) is 5.56 Å². The molecule has 2 aromatic carbocycles. The quantitative estimate of drug-likeness (QED) is 0.631. The Morgan fingerprint density at radius 1 is 1.06 bits per heavy atom. The topological polar surface area (TPSA) is 86.4 Å². The van der Waals surface area contributed by atoms with Gasteiger partial charge in [0.05, 0.1) is 22.3 Å². The van der Waals surface area contributed by atoms with Crippen molar-refractivity contribution in [3.05, 3.63) is 69.2 Å². The first kappa shape index (κ1) is 22.0. The number of piperazine rings is 1. The van der Waals surface area contributed by atoms with E-state index in [4.69, 9.17) is 11.6 Å². The van der Waals surface area contributed by atoms with Crippen LogP contribution in [0.1, 0.15) is 31.2 Å². The molecule has 0 aliphatic carbocycles. The molecule has 1 aliphatic heterocycles. The predicted octanol–water partition coefficient (Wildman–Crippen LogP) is 3.21. The van der Waals surface area contributed by atoms with Crippen LogP contribution < -0.4 is 5.56 Å². The molecule has 1 aromatic heterocycles. The largest absolute Gasteiger partial charge is 0.309 e. The fourth-order valence-corrected chi connectivity index (χ4v) is 5.34. The molecule has 164 valence electrons. The number of nitrogens with zero attached hydrogens (tertiary/aromatic N) is 3. The van der Waals surface area contributed by atoms with E-state index in [1.165, 1.54) is 4.31 Å². The van der Waals surface area contributed by atoms with Gasteiger partial charge < -0.3 is 4.98 Å². The van der Waals surface area contributed by atoms with Crippen molar-refractivity contribution in [3.8, 4) is 0 Å². The summed E-state index contributed by atoms with van der Waals surface area (Å²) >= 11 is 5.96. The smallest absolute Gasteiger partial charge is 0.258 e. The van der Waals surface area contributed by atoms with Crippen LogP contribution in [0.25, 0.3) is 10.9 Å². The molecule has 0 amide bonds. The molecule has 1 fully saturated rings. The van der Waals surface area contributed by atoms with E-state index in [-0.39, 0.29) is 5.56 Å². The number of sulfonamides is 1. The number of aromatic amines is 1. The summed E-state index contributed by atoms with van der Waals surface area (Å²) < 4.78 is 27.5. The summed E-state index contributed by atoms with van der Waals surface area (Å²) in [7, 11) is -3.52. The van der Waals surface area contributed by atoms with Crippen molar-refractivity contribution in [2.24, 2.45) is 0 Å². The summed E-state index contributed by atoms with van der Waals surface area (Å²) in [6, 6.07) is 12.2. The molecule has 2 heterocycles. The highest BCUT2D eigenvalue weighted by atomic mass is 35.5. The van der Waals surface area contributed by atoms with Crippen LogP contribution >= 0.6 is 11.6 Å². The number of rotatable bonds is 5. The second-order valence-corrected chi connectivity index (χ2v) is 10.5. The standard InChI is InChI=1S/C22H25ClN4O3S/c1-15(2)16-3-6-18(7-4-16)31(29,30)27-11-9-26(10-12-27)14-21-24-20-8-5-17(23)13-19(20)22(28)25-21/h3-8,13,15H,9-12,14H2,1-2H3,(H,24,25,28). The van der Waals surface area contributed by atoms with Gasteiger partial charge in [0.1, 0.15) is 5.82 Å². The lowest BCUT2D eigenvalue weighted by atomic mass is 10.0. The summed E-state index contributed by atoms with van der Waals surface area (Å²) in [5, 5.41) is 0.944. The van der Waals surface area contributed by atoms with Crippen molar-refractivity contribution in [1.29, 1.82) is 0 Å². The van der Waals surface area contributed by atoms with Gasteiger partial charge in [-0.15, -0.1) is 0 Å². The lowest BCUT2D eigenvalue weighted by Gasteiger charge is -2.33. The molecule has 1 aliphatic rings. The molecule has 9 heteroatoms. The van der Waals surface area contributed by atoms with Gasteiger partial charge in [0.15, 0.2) is 0 Å². The Morgan fingerprint density at radius 3 is 2.39 bits per heavy atom. The zero-order valence-electron chi connectivity index (χ0n) is 17.5. The van der Waals surface area contributed by atoms with E-state index in [1.807, 2.05) is 12.1 Å². The number of hydrogen-bond donors (Lipinski definition) is 1. The number of H-pyrrole nitrogens is 1. The third kappa shape index (κ3) is 4.67. The van der Waals surface area contributed by atoms with Crippen LogP contribution in [-0.2, 0) is 16.6 Å². The van der Waals surface area contributed by atoms with Gasteiger partial charge in [-0.05, 0) is 41.8 Å². The van der Waals surface area contributed by atoms with Gasteiger partial charge in [-0.25, -0.2) is 13.4 Å². The maximum absolute atomic E-state index is 13.0. The Kier molecular flexibility index (Phi) is 6.16. The molecule has 0 saturated carbocycles. The summed E-state index contributed by atoms with van der Waals surface area (Å²) in [4.78, 5) is 22.1. The maximum Gasteiger partial charge on any atom is 0.258 e. The molecule has 4 rings (SSSR count). The first-order valence-corrected chi connectivity index (χ1v) is 12.1. The maximum atomic E-state index is 13.0. The highest BCUT2D eigenvalue weighted by Gasteiger charge is 2.28. The Morgan fingerprint density at radius 2 is 1.74 bits per heavy atom. The van der Waals surface area contributed by atoms with E-state index in [1.54, 1.807) is 30.3 Å². The molecule has 1 saturated heterocycles. The van der Waals surface area contributed by atoms with Crippen molar-refractivity contribution in [3.63, 3.8) is 0 Å². The Labute approximate surface area is 186 Å². The number of aromatic nitrogens is 2. The molecule has 0 spiro atoms. The van der Waals surface area contributed by atoms with Crippen LogP contribution in [-0.4, -0.2) is 53.8 Å². The van der Waals surface area contributed by atoms with Crippen LogP contribution in [0.5, 0.6) is 0 Å². The molecule has 1 N–H and O–H groups in total. The minimum atomic E-state index is -3.52. The first-order valence-electron chi connectivity index (χ1n) is 10.2. The number of fused-ring (bicyclic) bond motifs is 1. The molecule has 0 atom stereocenters. The summed E-state index contributed by atoms with van der Waals surface area (Å²) in [6.07, 6.45) is 0. The number of benzene rings is 2. The van der Waals surface area contributed by atoms with Crippen molar-refractivity contribution < 1.29 is 8.42 Å². The van der Waals surface area contributed by atoms with Gasteiger partial charge in [0, 0.05) is 31.2 Å². The Hall–Kier alpha value is -2.26. The van der Waals surface area contributed by atoms with Gasteiger partial charge in [-0.2, -0.15) is 4.31 Å². The number of nitrogens with one attached hydrogen (secondary N) is 1. The normalized spacial score (nSPS) is 16.3. The third-order valence-electron chi connectivity index (χ3n) is 5.61. The second-order valence-electron chi connectivity index (χ2n) is 8.08. The van der Waals surface area contributed by atoms with Crippen LogP contribution in [0.3, 0.4) is 0 Å². The van der Waals surface area contributed by atoms with Crippen molar-refractivity contribution in [2.45, 2.75) is 31.2 Å². The van der Waals surface area contributed by atoms with Crippen molar-refractivity contribution in [1.82, 2.24) is 19.2 Å². The van der Waals surface area contributed by atoms with Crippen molar-refractivity contribution >= 4 is 32.5 Å². The molecule has 0 radical (unpaired) electrons. The molecule has 0 unspecified atom stereocenters. The highest BCUT2D eigenvalue weighted by Crippen LogP contribution is 2.22. The van der Waals surface area contributed by atoms with Gasteiger partial charge in [0.25, 0.3) is 5.56 Å². The van der Waals surface area contributed by atoms with E-state index in [0.29, 0.717) is 65.3 Å².